The van der Waals surface area contributed by atoms with Gasteiger partial charge in [0.2, 0.25) is 5.91 Å². The molecular weight excluding hydrogens is 254 g/mol. The lowest BCUT2D eigenvalue weighted by molar-refractivity contribution is -0.134. The first-order valence-electron chi connectivity index (χ1n) is 7.02. The molecule has 106 valence electrons. The molecule has 1 amide bonds. The summed E-state index contributed by atoms with van der Waals surface area (Å²) in [7, 11) is 0. The molecule has 2 aliphatic heterocycles. The van der Waals surface area contributed by atoms with E-state index in [1.54, 1.807) is 4.90 Å². The number of carbonyl (C=O) groups excluding carboxylic acids is 1. The van der Waals surface area contributed by atoms with Crippen LogP contribution in [-0.2, 0) is 20.7 Å². The maximum atomic E-state index is 12.6. The molecular formula is C16H19NO3. The molecule has 20 heavy (non-hydrogen) atoms. The number of amides is 1. The Balaban J connectivity index is 1.73. The molecule has 0 spiro atoms. The van der Waals surface area contributed by atoms with Crippen LogP contribution < -0.4 is 0 Å². The molecule has 2 atom stereocenters. The van der Waals surface area contributed by atoms with Crippen LogP contribution in [0, 0.1) is 5.92 Å². The van der Waals surface area contributed by atoms with Crippen LogP contribution in [0.5, 0.6) is 0 Å². The van der Waals surface area contributed by atoms with Crippen LogP contribution >= 0.6 is 0 Å². The Morgan fingerprint density at radius 2 is 2.10 bits per heavy atom. The van der Waals surface area contributed by atoms with Gasteiger partial charge in [-0.05, 0) is 25.0 Å². The monoisotopic (exact) mass is 273 g/mol. The molecule has 0 aromatic heterocycles. The van der Waals surface area contributed by atoms with E-state index in [-0.39, 0.29) is 17.9 Å². The maximum Gasteiger partial charge on any atom is 0.235 e. The number of benzene rings is 1. The Hall–Kier alpha value is -1.81. The first-order chi connectivity index (χ1) is 9.75. The third-order valence-corrected chi connectivity index (χ3v) is 3.91. The zero-order chi connectivity index (χ0) is 13.9. The molecule has 2 saturated heterocycles. The summed E-state index contributed by atoms with van der Waals surface area (Å²) in [5.74, 6) is 0.514. The van der Waals surface area contributed by atoms with Crippen molar-refractivity contribution in [3.63, 3.8) is 0 Å². The van der Waals surface area contributed by atoms with Crippen molar-refractivity contribution >= 4 is 5.91 Å². The zero-order valence-electron chi connectivity index (χ0n) is 11.5. The summed E-state index contributed by atoms with van der Waals surface area (Å²) < 4.78 is 10.8. The highest BCUT2D eigenvalue weighted by Gasteiger charge is 2.38. The highest BCUT2D eigenvalue weighted by atomic mass is 16.5. The highest BCUT2D eigenvalue weighted by Crippen LogP contribution is 2.27. The maximum absolute atomic E-state index is 12.6. The van der Waals surface area contributed by atoms with Crippen molar-refractivity contribution in [2.45, 2.75) is 18.9 Å². The van der Waals surface area contributed by atoms with Gasteiger partial charge in [0.05, 0.1) is 18.6 Å². The van der Waals surface area contributed by atoms with E-state index in [9.17, 15) is 4.79 Å². The van der Waals surface area contributed by atoms with E-state index in [2.05, 4.69) is 18.7 Å². The molecule has 1 aromatic carbocycles. The van der Waals surface area contributed by atoms with E-state index in [0.717, 1.165) is 12.8 Å². The van der Waals surface area contributed by atoms with Crippen molar-refractivity contribution in [3.05, 3.63) is 48.4 Å². The molecule has 4 heteroatoms. The minimum Gasteiger partial charge on any atom is -0.477 e. The smallest absolute Gasteiger partial charge is 0.235 e. The second-order valence-corrected chi connectivity index (χ2v) is 5.32. The van der Waals surface area contributed by atoms with Gasteiger partial charge in [-0.25, -0.2) is 0 Å². The first-order valence-corrected chi connectivity index (χ1v) is 7.02. The summed E-state index contributed by atoms with van der Waals surface area (Å²) in [4.78, 5) is 14.3. The van der Waals surface area contributed by atoms with Gasteiger partial charge in [-0.3, -0.25) is 9.69 Å². The number of carbonyl (C=O) groups is 1. The van der Waals surface area contributed by atoms with Gasteiger partial charge in [0.1, 0.15) is 6.61 Å². The largest absolute Gasteiger partial charge is 0.477 e. The Morgan fingerprint density at radius 3 is 2.80 bits per heavy atom. The topological polar surface area (TPSA) is 38.8 Å². The number of hydrogen-bond acceptors (Lipinski definition) is 3. The van der Waals surface area contributed by atoms with Crippen molar-refractivity contribution < 1.29 is 14.3 Å². The highest BCUT2D eigenvalue weighted by molar-refractivity contribution is 5.81. The predicted octanol–water partition coefficient (Wildman–Crippen LogP) is 1.96. The Kier molecular flexibility index (Phi) is 3.74. The molecule has 3 rings (SSSR count). The predicted molar refractivity (Wildman–Crippen MR) is 74.8 cm³/mol. The van der Waals surface area contributed by atoms with Crippen molar-refractivity contribution in [2.24, 2.45) is 5.92 Å². The van der Waals surface area contributed by atoms with Gasteiger partial charge in [-0.2, -0.15) is 0 Å². The minimum absolute atomic E-state index is 0.0398. The van der Waals surface area contributed by atoms with E-state index in [0.29, 0.717) is 25.7 Å². The van der Waals surface area contributed by atoms with Crippen molar-refractivity contribution in [3.8, 4) is 0 Å². The third-order valence-electron chi connectivity index (χ3n) is 3.91. The van der Waals surface area contributed by atoms with Crippen LogP contribution in [0.2, 0.25) is 0 Å². The van der Waals surface area contributed by atoms with Gasteiger partial charge < -0.3 is 9.47 Å². The molecule has 2 heterocycles. The summed E-state index contributed by atoms with van der Waals surface area (Å²) in [5, 5.41) is 0. The lowest BCUT2D eigenvalue weighted by Crippen LogP contribution is -2.40. The van der Waals surface area contributed by atoms with Crippen LogP contribution in [0.15, 0.2) is 42.8 Å². The van der Waals surface area contributed by atoms with Gasteiger partial charge in [-0.15, -0.1) is 0 Å². The minimum atomic E-state index is -0.0493. The lowest BCUT2D eigenvalue weighted by Gasteiger charge is -2.24. The standard InChI is InChI=1S/C16H19NO3/c1-12-17(16(18)14-7-8-19-10-14)15(11-20-12)9-13-5-3-2-4-6-13/h2-6,14-15H,1,7-11H2/t14?,15-/m1/s1. The van der Waals surface area contributed by atoms with E-state index in [4.69, 9.17) is 9.47 Å². The van der Waals surface area contributed by atoms with Gasteiger partial charge in [-0.1, -0.05) is 30.3 Å². The summed E-state index contributed by atoms with van der Waals surface area (Å²) in [6, 6.07) is 10.2. The first kappa shape index (κ1) is 13.2. The molecule has 0 radical (unpaired) electrons. The summed E-state index contributed by atoms with van der Waals surface area (Å²) in [6.07, 6.45) is 1.58. The van der Waals surface area contributed by atoms with Crippen molar-refractivity contribution in [2.75, 3.05) is 19.8 Å². The Bertz CT molecular complexity index is 494. The quantitative estimate of drug-likeness (QED) is 0.845. The number of rotatable bonds is 3. The normalized spacial score (nSPS) is 25.8. The molecule has 0 saturated carbocycles. The molecule has 0 N–H and O–H groups in total. The summed E-state index contributed by atoms with van der Waals surface area (Å²) in [6.45, 7) is 5.57. The van der Waals surface area contributed by atoms with Crippen LogP contribution in [0.1, 0.15) is 12.0 Å². The second-order valence-electron chi connectivity index (χ2n) is 5.32. The van der Waals surface area contributed by atoms with Crippen molar-refractivity contribution in [1.82, 2.24) is 4.90 Å². The third kappa shape index (κ3) is 2.56. The van der Waals surface area contributed by atoms with E-state index in [1.165, 1.54) is 5.56 Å². The molecule has 2 fully saturated rings. The van der Waals surface area contributed by atoms with E-state index >= 15 is 0 Å². The Morgan fingerprint density at radius 1 is 1.30 bits per heavy atom. The fraction of sp³-hybridized carbons (Fsp3) is 0.438. The van der Waals surface area contributed by atoms with Gasteiger partial charge in [0, 0.05) is 6.61 Å². The fourth-order valence-corrected chi connectivity index (χ4v) is 2.81. The summed E-state index contributed by atoms with van der Waals surface area (Å²) >= 11 is 0. The number of ether oxygens (including phenoxy) is 2. The van der Waals surface area contributed by atoms with Crippen molar-refractivity contribution in [1.29, 1.82) is 0 Å². The number of hydrogen-bond donors (Lipinski definition) is 0. The SMILES string of the molecule is C=C1OC[C@@H](Cc2ccccc2)N1C(=O)C1CCOC1. The summed E-state index contributed by atoms with van der Waals surface area (Å²) in [5.41, 5.74) is 1.20. The fourth-order valence-electron chi connectivity index (χ4n) is 2.81. The van der Waals surface area contributed by atoms with Crippen LogP contribution in [0.3, 0.4) is 0 Å². The number of nitrogens with zero attached hydrogens (tertiary/aromatic N) is 1. The molecule has 1 aromatic rings. The van der Waals surface area contributed by atoms with E-state index < -0.39 is 0 Å². The van der Waals surface area contributed by atoms with Gasteiger partial charge in [0.15, 0.2) is 5.88 Å². The zero-order valence-corrected chi connectivity index (χ0v) is 11.5. The second kappa shape index (κ2) is 5.67. The molecule has 1 unspecified atom stereocenters. The molecule has 4 nitrogen and oxygen atoms in total. The average Bonchev–Trinajstić information content (AvgIpc) is 3.10. The Labute approximate surface area is 119 Å². The van der Waals surface area contributed by atoms with Crippen LogP contribution in [0.4, 0.5) is 0 Å². The van der Waals surface area contributed by atoms with Crippen LogP contribution in [0.25, 0.3) is 0 Å². The lowest BCUT2D eigenvalue weighted by atomic mass is 10.0. The van der Waals surface area contributed by atoms with E-state index in [1.807, 2.05) is 18.2 Å². The average molecular weight is 273 g/mol. The van der Waals surface area contributed by atoms with Crippen LogP contribution in [-0.4, -0.2) is 36.7 Å². The molecule has 0 aliphatic carbocycles. The van der Waals surface area contributed by atoms with Gasteiger partial charge >= 0.3 is 0 Å². The molecule has 2 aliphatic rings. The molecule has 0 bridgehead atoms. The van der Waals surface area contributed by atoms with Gasteiger partial charge in [0.25, 0.3) is 0 Å².